The SMILES string of the molecule is CCOC(=O)OC(CCC(C)OC(=O)N/C(=C/CCCCCCO)C(=O)O)C1CCCCC1. The molecule has 2 atom stereocenters. The fourth-order valence-electron chi connectivity index (χ4n) is 4.00. The van der Waals surface area contributed by atoms with Crippen LogP contribution in [0.4, 0.5) is 9.59 Å². The largest absolute Gasteiger partial charge is 0.508 e. The Morgan fingerprint density at radius 2 is 1.73 bits per heavy atom. The minimum atomic E-state index is -1.23. The first kappa shape index (κ1) is 28.7. The van der Waals surface area contributed by atoms with Gasteiger partial charge in [0.2, 0.25) is 0 Å². The normalized spacial score (nSPS) is 16.5. The van der Waals surface area contributed by atoms with Crippen LogP contribution >= 0.6 is 0 Å². The monoisotopic (exact) mass is 471 g/mol. The van der Waals surface area contributed by atoms with Gasteiger partial charge in [-0.25, -0.2) is 14.4 Å². The summed E-state index contributed by atoms with van der Waals surface area (Å²) >= 11 is 0. The maximum Gasteiger partial charge on any atom is 0.508 e. The van der Waals surface area contributed by atoms with Crippen molar-refractivity contribution in [1.29, 1.82) is 0 Å². The molecule has 1 fully saturated rings. The topological polar surface area (TPSA) is 131 Å². The number of aliphatic hydroxyl groups is 1. The highest BCUT2D eigenvalue weighted by molar-refractivity contribution is 5.90. The second-order valence-electron chi connectivity index (χ2n) is 8.51. The van der Waals surface area contributed by atoms with Crippen LogP contribution in [0, 0.1) is 5.92 Å². The van der Waals surface area contributed by atoms with Crippen molar-refractivity contribution in [3.63, 3.8) is 0 Å². The van der Waals surface area contributed by atoms with Gasteiger partial charge >= 0.3 is 18.2 Å². The molecule has 1 aliphatic carbocycles. The van der Waals surface area contributed by atoms with Crippen LogP contribution in [-0.2, 0) is 19.0 Å². The fraction of sp³-hybridized carbons (Fsp3) is 0.792. The average Bonchev–Trinajstić information content (AvgIpc) is 2.78. The van der Waals surface area contributed by atoms with Crippen molar-refractivity contribution in [1.82, 2.24) is 5.32 Å². The molecule has 1 amide bonds. The number of aliphatic carboxylic acids is 1. The molecule has 1 saturated carbocycles. The predicted molar refractivity (Wildman–Crippen MR) is 123 cm³/mol. The van der Waals surface area contributed by atoms with Crippen LogP contribution in [0.15, 0.2) is 11.8 Å². The van der Waals surface area contributed by atoms with Gasteiger partial charge in [0.25, 0.3) is 0 Å². The predicted octanol–water partition coefficient (Wildman–Crippen LogP) is 4.91. The number of ether oxygens (including phenoxy) is 3. The minimum absolute atomic E-state index is 0.151. The summed E-state index contributed by atoms with van der Waals surface area (Å²) in [5.74, 6) is -0.960. The van der Waals surface area contributed by atoms with Gasteiger partial charge in [-0.1, -0.05) is 38.2 Å². The number of unbranched alkanes of at least 4 members (excludes halogenated alkanes) is 4. The maximum atomic E-state index is 12.2. The van der Waals surface area contributed by atoms with Crippen molar-refractivity contribution in [3.05, 3.63) is 11.8 Å². The molecule has 0 aromatic carbocycles. The Balaban J connectivity index is 2.50. The molecule has 2 unspecified atom stereocenters. The Bertz CT molecular complexity index is 616. The quantitative estimate of drug-likeness (QED) is 0.174. The van der Waals surface area contributed by atoms with Crippen molar-refractivity contribution < 1.29 is 38.8 Å². The van der Waals surface area contributed by atoms with Gasteiger partial charge in [-0.15, -0.1) is 0 Å². The van der Waals surface area contributed by atoms with Gasteiger partial charge in [-0.2, -0.15) is 0 Å². The number of carboxylic acids is 1. The summed E-state index contributed by atoms with van der Waals surface area (Å²) in [6.07, 6.45) is 9.36. The molecule has 9 nitrogen and oxygen atoms in total. The first-order valence-corrected chi connectivity index (χ1v) is 12.2. The maximum absolute atomic E-state index is 12.2. The standard InChI is InChI=1S/C24H41NO8/c1-3-31-24(30)33-21(19-12-8-7-9-13-19)16-15-18(2)32-23(29)25-20(22(27)28)14-10-5-4-6-11-17-26/h14,18-19,21,26H,3-13,15-17H2,1-2H3,(H,25,29)(H,27,28)/b20-14+. The number of hydrogen-bond acceptors (Lipinski definition) is 7. The average molecular weight is 472 g/mol. The molecule has 190 valence electrons. The van der Waals surface area contributed by atoms with Crippen LogP contribution in [0.5, 0.6) is 0 Å². The van der Waals surface area contributed by atoms with Crippen molar-refractivity contribution in [2.45, 2.75) is 103 Å². The number of carbonyl (C=O) groups excluding carboxylic acids is 2. The Hall–Kier alpha value is -2.29. The molecule has 1 rings (SSSR count). The van der Waals surface area contributed by atoms with E-state index in [-0.39, 0.29) is 30.9 Å². The molecule has 0 radical (unpaired) electrons. The summed E-state index contributed by atoms with van der Waals surface area (Å²) in [7, 11) is 0. The van der Waals surface area contributed by atoms with Crippen LogP contribution in [0.2, 0.25) is 0 Å². The first-order valence-electron chi connectivity index (χ1n) is 12.2. The summed E-state index contributed by atoms with van der Waals surface area (Å²) in [6.45, 7) is 3.85. The summed E-state index contributed by atoms with van der Waals surface area (Å²) in [6, 6.07) is 0. The van der Waals surface area contributed by atoms with Gasteiger partial charge in [-0.3, -0.25) is 5.32 Å². The second kappa shape index (κ2) is 17.2. The van der Waals surface area contributed by atoms with Crippen LogP contribution in [0.1, 0.15) is 90.9 Å². The number of aliphatic hydroxyl groups excluding tert-OH is 1. The van der Waals surface area contributed by atoms with E-state index >= 15 is 0 Å². The Morgan fingerprint density at radius 1 is 1.03 bits per heavy atom. The van der Waals surface area contributed by atoms with Crippen molar-refractivity contribution in [3.8, 4) is 0 Å². The van der Waals surface area contributed by atoms with Gasteiger partial charge < -0.3 is 24.4 Å². The summed E-state index contributed by atoms with van der Waals surface area (Å²) in [5.41, 5.74) is -0.208. The van der Waals surface area contributed by atoms with Gasteiger partial charge in [0.05, 0.1) is 6.61 Å². The smallest absolute Gasteiger partial charge is 0.477 e. The number of rotatable bonds is 15. The lowest BCUT2D eigenvalue weighted by Crippen LogP contribution is -2.32. The molecule has 9 heteroatoms. The lowest BCUT2D eigenvalue weighted by Gasteiger charge is -2.30. The molecule has 0 aromatic rings. The Kier molecular flexibility index (Phi) is 15.0. The highest BCUT2D eigenvalue weighted by Crippen LogP contribution is 2.30. The fourth-order valence-corrected chi connectivity index (χ4v) is 4.00. The molecular weight excluding hydrogens is 430 g/mol. The zero-order valence-corrected chi connectivity index (χ0v) is 20.1. The minimum Gasteiger partial charge on any atom is -0.477 e. The van der Waals surface area contributed by atoms with Crippen LogP contribution < -0.4 is 5.32 Å². The number of carboxylic acid groups (broad SMARTS) is 1. The van der Waals surface area contributed by atoms with E-state index in [4.69, 9.17) is 19.3 Å². The Labute approximate surface area is 196 Å². The van der Waals surface area contributed by atoms with Crippen LogP contribution in [-0.4, -0.2) is 53.9 Å². The van der Waals surface area contributed by atoms with Gasteiger partial charge in [0.15, 0.2) is 0 Å². The summed E-state index contributed by atoms with van der Waals surface area (Å²) in [4.78, 5) is 35.4. The molecule has 33 heavy (non-hydrogen) atoms. The highest BCUT2D eigenvalue weighted by atomic mass is 16.7. The molecular formula is C24H41NO8. The van der Waals surface area contributed by atoms with E-state index in [1.54, 1.807) is 13.8 Å². The molecule has 0 heterocycles. The number of carbonyl (C=O) groups is 3. The third-order valence-corrected chi connectivity index (χ3v) is 5.78. The molecule has 0 saturated heterocycles. The number of alkyl carbamates (subject to hydrolysis) is 1. The summed E-state index contributed by atoms with van der Waals surface area (Å²) in [5, 5.41) is 20.4. The lowest BCUT2D eigenvalue weighted by atomic mass is 9.83. The zero-order valence-electron chi connectivity index (χ0n) is 20.1. The molecule has 1 aliphatic rings. The van der Waals surface area contributed by atoms with Crippen molar-refractivity contribution in [2.24, 2.45) is 5.92 Å². The van der Waals surface area contributed by atoms with E-state index in [1.165, 1.54) is 12.5 Å². The van der Waals surface area contributed by atoms with E-state index in [9.17, 15) is 19.5 Å². The number of hydrogen-bond donors (Lipinski definition) is 3. The van der Waals surface area contributed by atoms with E-state index in [1.807, 2.05) is 0 Å². The van der Waals surface area contributed by atoms with E-state index in [2.05, 4.69) is 5.32 Å². The molecule has 0 aromatic heterocycles. The number of amides is 1. The van der Waals surface area contributed by atoms with Crippen LogP contribution in [0.25, 0.3) is 0 Å². The van der Waals surface area contributed by atoms with Crippen molar-refractivity contribution in [2.75, 3.05) is 13.2 Å². The first-order chi connectivity index (χ1) is 15.9. The summed E-state index contributed by atoms with van der Waals surface area (Å²) < 4.78 is 15.8. The van der Waals surface area contributed by atoms with E-state index < -0.39 is 24.3 Å². The zero-order chi connectivity index (χ0) is 24.5. The van der Waals surface area contributed by atoms with Crippen molar-refractivity contribution >= 4 is 18.2 Å². The number of allylic oxidation sites excluding steroid dienone is 1. The van der Waals surface area contributed by atoms with Gasteiger partial charge in [0, 0.05) is 6.61 Å². The van der Waals surface area contributed by atoms with E-state index in [0.29, 0.717) is 19.3 Å². The molecule has 0 bridgehead atoms. The third-order valence-electron chi connectivity index (χ3n) is 5.78. The third kappa shape index (κ3) is 13.1. The Morgan fingerprint density at radius 3 is 2.36 bits per heavy atom. The second-order valence-corrected chi connectivity index (χ2v) is 8.51. The molecule has 0 spiro atoms. The number of nitrogens with one attached hydrogen (secondary N) is 1. The van der Waals surface area contributed by atoms with E-state index in [0.717, 1.165) is 51.4 Å². The molecule has 3 N–H and O–H groups in total. The van der Waals surface area contributed by atoms with Crippen LogP contribution in [0.3, 0.4) is 0 Å². The molecule has 0 aliphatic heterocycles. The lowest BCUT2D eigenvalue weighted by molar-refractivity contribution is -0.133. The van der Waals surface area contributed by atoms with Gasteiger partial charge in [0.1, 0.15) is 17.9 Å². The van der Waals surface area contributed by atoms with Gasteiger partial charge in [-0.05, 0) is 64.7 Å². The highest BCUT2D eigenvalue weighted by Gasteiger charge is 2.28.